The molecular formula is C24H23ClFNO6S. The summed E-state index contributed by atoms with van der Waals surface area (Å²) < 4.78 is 64.0. The average Bonchev–Trinajstić information content (AvgIpc) is 2.82. The SMILES string of the molecule is COc1cc(/C=C\c2ccc(F)c(OC)c2NS(=O)(=O)c2cccc(Cl)c2)cc(OC)c1OC. The third kappa shape index (κ3) is 5.37. The molecule has 0 bridgehead atoms. The fourth-order valence-corrected chi connectivity index (χ4v) is 4.62. The van der Waals surface area contributed by atoms with Gasteiger partial charge >= 0.3 is 0 Å². The van der Waals surface area contributed by atoms with E-state index in [0.29, 0.717) is 28.4 Å². The smallest absolute Gasteiger partial charge is 0.262 e. The zero-order valence-corrected chi connectivity index (χ0v) is 20.5. The first-order valence-electron chi connectivity index (χ1n) is 9.87. The Kier molecular flexibility index (Phi) is 7.90. The molecule has 0 fully saturated rings. The van der Waals surface area contributed by atoms with Crippen LogP contribution >= 0.6 is 11.6 Å². The summed E-state index contributed by atoms with van der Waals surface area (Å²) in [6, 6.07) is 11.8. The van der Waals surface area contributed by atoms with Gasteiger partial charge in [-0.05, 0) is 48.0 Å². The van der Waals surface area contributed by atoms with E-state index in [2.05, 4.69) is 4.72 Å². The average molecular weight is 508 g/mol. The van der Waals surface area contributed by atoms with Gasteiger partial charge in [-0.25, -0.2) is 12.8 Å². The number of halogens is 2. The standard InChI is InChI=1S/C24H23ClFNO6S/c1-30-20-12-15(13-21(31-2)24(20)33-4)8-9-16-10-11-19(26)23(32-3)22(16)27-34(28,29)18-7-5-6-17(25)14-18/h5-14,27H,1-4H3/b9-8-. The maximum Gasteiger partial charge on any atom is 0.262 e. The molecule has 0 aliphatic rings. The van der Waals surface area contributed by atoms with Crippen LogP contribution in [0.25, 0.3) is 12.2 Å². The summed E-state index contributed by atoms with van der Waals surface area (Å²) in [6.07, 6.45) is 3.30. The zero-order valence-electron chi connectivity index (χ0n) is 18.9. The van der Waals surface area contributed by atoms with E-state index < -0.39 is 15.8 Å². The Bertz CT molecular complexity index is 1300. The van der Waals surface area contributed by atoms with E-state index in [-0.39, 0.29) is 21.4 Å². The third-order valence-electron chi connectivity index (χ3n) is 4.83. The van der Waals surface area contributed by atoms with Crippen molar-refractivity contribution >= 4 is 39.5 Å². The summed E-state index contributed by atoms with van der Waals surface area (Å²) in [5, 5.41) is 0.247. The highest BCUT2D eigenvalue weighted by Crippen LogP contribution is 2.39. The predicted octanol–water partition coefficient (Wildman–Crippen LogP) is 5.48. The highest BCUT2D eigenvalue weighted by atomic mass is 35.5. The van der Waals surface area contributed by atoms with Crippen LogP contribution in [0.15, 0.2) is 53.4 Å². The molecule has 34 heavy (non-hydrogen) atoms. The second kappa shape index (κ2) is 10.7. The molecule has 0 aliphatic carbocycles. The topological polar surface area (TPSA) is 83.1 Å². The molecule has 0 amide bonds. The molecule has 0 radical (unpaired) electrons. The zero-order chi connectivity index (χ0) is 24.9. The molecule has 0 atom stereocenters. The Morgan fingerprint density at radius 2 is 1.50 bits per heavy atom. The molecule has 180 valence electrons. The number of methoxy groups -OCH3 is 4. The van der Waals surface area contributed by atoms with Crippen LogP contribution < -0.4 is 23.7 Å². The van der Waals surface area contributed by atoms with Crippen molar-refractivity contribution in [2.24, 2.45) is 0 Å². The molecule has 1 N–H and O–H groups in total. The summed E-state index contributed by atoms with van der Waals surface area (Å²) in [5.74, 6) is 0.342. The second-order valence-corrected chi connectivity index (χ2v) is 9.02. The monoisotopic (exact) mass is 507 g/mol. The minimum Gasteiger partial charge on any atom is -0.493 e. The van der Waals surface area contributed by atoms with Gasteiger partial charge in [0.15, 0.2) is 23.1 Å². The highest BCUT2D eigenvalue weighted by Gasteiger charge is 2.21. The maximum absolute atomic E-state index is 14.5. The van der Waals surface area contributed by atoms with E-state index in [1.165, 1.54) is 58.8 Å². The molecule has 7 nitrogen and oxygen atoms in total. The van der Waals surface area contributed by atoms with E-state index in [0.717, 1.165) is 0 Å². The van der Waals surface area contributed by atoms with E-state index in [1.807, 2.05) is 0 Å². The first kappa shape index (κ1) is 25.2. The Morgan fingerprint density at radius 1 is 0.853 bits per heavy atom. The molecule has 3 aromatic rings. The van der Waals surface area contributed by atoms with Gasteiger partial charge in [-0.3, -0.25) is 4.72 Å². The lowest BCUT2D eigenvalue weighted by Gasteiger charge is -2.16. The fourth-order valence-electron chi connectivity index (χ4n) is 3.23. The van der Waals surface area contributed by atoms with Gasteiger partial charge < -0.3 is 18.9 Å². The number of nitrogens with one attached hydrogen (secondary N) is 1. The Labute approximate surface area is 202 Å². The maximum atomic E-state index is 14.5. The third-order valence-corrected chi connectivity index (χ3v) is 6.41. The van der Waals surface area contributed by atoms with Crippen molar-refractivity contribution in [3.05, 3.63) is 70.5 Å². The van der Waals surface area contributed by atoms with Gasteiger partial charge in [-0.15, -0.1) is 0 Å². The van der Waals surface area contributed by atoms with Crippen LogP contribution in [-0.4, -0.2) is 36.9 Å². The number of anilines is 1. The molecular weight excluding hydrogens is 485 g/mol. The van der Waals surface area contributed by atoms with E-state index in [4.69, 9.17) is 30.5 Å². The highest BCUT2D eigenvalue weighted by molar-refractivity contribution is 7.92. The van der Waals surface area contributed by atoms with Crippen LogP contribution in [0.1, 0.15) is 11.1 Å². The molecule has 0 saturated heterocycles. The van der Waals surface area contributed by atoms with Crippen LogP contribution in [0.5, 0.6) is 23.0 Å². The molecule has 0 unspecified atom stereocenters. The number of benzene rings is 3. The van der Waals surface area contributed by atoms with Crippen LogP contribution in [-0.2, 0) is 10.0 Å². The van der Waals surface area contributed by atoms with Crippen molar-refractivity contribution in [1.29, 1.82) is 0 Å². The first-order valence-corrected chi connectivity index (χ1v) is 11.7. The van der Waals surface area contributed by atoms with Crippen LogP contribution in [0.3, 0.4) is 0 Å². The van der Waals surface area contributed by atoms with E-state index in [9.17, 15) is 12.8 Å². The van der Waals surface area contributed by atoms with E-state index >= 15 is 0 Å². The van der Waals surface area contributed by atoms with Gasteiger partial charge in [0.05, 0.1) is 33.3 Å². The second-order valence-electron chi connectivity index (χ2n) is 6.90. The quantitative estimate of drug-likeness (QED) is 0.386. The molecule has 3 aromatic carbocycles. The largest absolute Gasteiger partial charge is 0.493 e. The summed E-state index contributed by atoms with van der Waals surface area (Å²) in [4.78, 5) is -0.0779. The van der Waals surface area contributed by atoms with Gasteiger partial charge in [-0.1, -0.05) is 29.8 Å². The molecule has 0 aliphatic heterocycles. The molecule has 0 spiro atoms. The van der Waals surface area contributed by atoms with E-state index in [1.54, 1.807) is 30.4 Å². The summed E-state index contributed by atoms with van der Waals surface area (Å²) >= 11 is 5.94. The first-order chi connectivity index (χ1) is 16.2. The Balaban J connectivity index is 2.08. The van der Waals surface area contributed by atoms with Gasteiger partial charge in [0.1, 0.15) is 5.69 Å². The van der Waals surface area contributed by atoms with Crippen molar-refractivity contribution in [2.45, 2.75) is 4.90 Å². The van der Waals surface area contributed by atoms with Crippen molar-refractivity contribution in [1.82, 2.24) is 0 Å². The molecule has 3 rings (SSSR count). The number of ether oxygens (including phenoxy) is 4. The van der Waals surface area contributed by atoms with Crippen LogP contribution in [0, 0.1) is 5.82 Å². The molecule has 0 saturated carbocycles. The van der Waals surface area contributed by atoms with Crippen molar-refractivity contribution in [2.75, 3.05) is 33.2 Å². The van der Waals surface area contributed by atoms with Crippen molar-refractivity contribution in [3.63, 3.8) is 0 Å². The normalized spacial score (nSPS) is 11.4. The molecule has 10 heteroatoms. The lowest BCUT2D eigenvalue weighted by atomic mass is 10.1. The Morgan fingerprint density at radius 3 is 2.06 bits per heavy atom. The van der Waals surface area contributed by atoms with Gasteiger partial charge in [0.2, 0.25) is 5.75 Å². The fraction of sp³-hybridized carbons (Fsp3) is 0.167. The number of hydrogen-bond acceptors (Lipinski definition) is 6. The summed E-state index contributed by atoms with van der Waals surface area (Å²) in [5.41, 5.74) is 0.963. The van der Waals surface area contributed by atoms with Crippen molar-refractivity contribution < 1.29 is 31.8 Å². The van der Waals surface area contributed by atoms with Crippen LogP contribution in [0.4, 0.5) is 10.1 Å². The molecule has 0 aromatic heterocycles. The summed E-state index contributed by atoms with van der Waals surface area (Å²) in [6.45, 7) is 0. The van der Waals surface area contributed by atoms with Crippen LogP contribution in [0.2, 0.25) is 5.02 Å². The number of hydrogen-bond donors (Lipinski definition) is 1. The van der Waals surface area contributed by atoms with Crippen molar-refractivity contribution in [3.8, 4) is 23.0 Å². The lowest BCUT2D eigenvalue weighted by molar-refractivity contribution is 0.324. The molecule has 0 heterocycles. The number of sulfonamides is 1. The number of rotatable bonds is 9. The van der Waals surface area contributed by atoms with Gasteiger partial charge in [0.25, 0.3) is 10.0 Å². The van der Waals surface area contributed by atoms with Gasteiger partial charge in [-0.2, -0.15) is 0 Å². The predicted molar refractivity (Wildman–Crippen MR) is 130 cm³/mol. The minimum absolute atomic E-state index is 0.0637. The minimum atomic E-state index is -4.09. The van der Waals surface area contributed by atoms with Gasteiger partial charge in [0, 0.05) is 10.6 Å². The lowest BCUT2D eigenvalue weighted by Crippen LogP contribution is -2.15. The Hall–Kier alpha value is -3.43. The summed E-state index contributed by atoms with van der Waals surface area (Å²) in [7, 11) is 1.66.